The summed E-state index contributed by atoms with van der Waals surface area (Å²) < 4.78 is 0. The van der Waals surface area contributed by atoms with Crippen LogP contribution in [0.15, 0.2) is 42.5 Å². The highest BCUT2D eigenvalue weighted by molar-refractivity contribution is 7.80. The fraction of sp³-hybridized carbons (Fsp3) is 0.0714. The zero-order valence-corrected chi connectivity index (χ0v) is 11.5. The van der Waals surface area contributed by atoms with Crippen molar-refractivity contribution in [3.63, 3.8) is 0 Å². The van der Waals surface area contributed by atoms with Gasteiger partial charge in [-0.3, -0.25) is 0 Å². The summed E-state index contributed by atoms with van der Waals surface area (Å²) in [5.74, 6) is 0. The summed E-state index contributed by atoms with van der Waals surface area (Å²) in [6.45, 7) is 1.98. The van der Waals surface area contributed by atoms with E-state index in [1.54, 1.807) is 0 Å². The molecule has 0 aromatic heterocycles. The molecule has 0 saturated carbocycles. The summed E-state index contributed by atoms with van der Waals surface area (Å²) in [7, 11) is 0. The Labute approximate surface area is 117 Å². The average molecular weight is 277 g/mol. The van der Waals surface area contributed by atoms with Crippen molar-refractivity contribution in [2.75, 3.05) is 5.32 Å². The van der Waals surface area contributed by atoms with Gasteiger partial charge >= 0.3 is 0 Å². The highest BCUT2D eigenvalue weighted by Gasteiger charge is 2.03. The Balaban J connectivity index is 2.24. The highest BCUT2D eigenvalue weighted by Crippen LogP contribution is 2.28. The lowest BCUT2D eigenvalue weighted by Gasteiger charge is -2.10. The van der Waals surface area contributed by atoms with Crippen molar-refractivity contribution in [3.8, 4) is 0 Å². The molecule has 92 valence electrons. The molecule has 0 amide bonds. The van der Waals surface area contributed by atoms with E-state index in [2.05, 4.69) is 5.32 Å². The predicted molar refractivity (Wildman–Crippen MR) is 81.8 cm³/mol. The van der Waals surface area contributed by atoms with Crippen LogP contribution in [0.3, 0.4) is 0 Å². The maximum Gasteiger partial charge on any atom is 0.103 e. The minimum atomic E-state index is 0.398. The molecule has 0 heterocycles. The summed E-state index contributed by atoms with van der Waals surface area (Å²) in [4.78, 5) is 0.398. The molecule has 0 aliphatic rings. The van der Waals surface area contributed by atoms with Crippen molar-refractivity contribution >= 4 is 40.2 Å². The second kappa shape index (κ2) is 5.38. The van der Waals surface area contributed by atoms with Crippen molar-refractivity contribution in [3.05, 3.63) is 58.6 Å². The van der Waals surface area contributed by atoms with Crippen molar-refractivity contribution < 1.29 is 0 Å². The van der Waals surface area contributed by atoms with E-state index in [0.29, 0.717) is 4.99 Å². The van der Waals surface area contributed by atoms with E-state index < -0.39 is 0 Å². The zero-order chi connectivity index (χ0) is 13.1. The number of halogens is 1. The van der Waals surface area contributed by atoms with Gasteiger partial charge in [0.2, 0.25) is 0 Å². The van der Waals surface area contributed by atoms with Crippen LogP contribution in [0.1, 0.15) is 11.1 Å². The van der Waals surface area contributed by atoms with Crippen LogP contribution in [-0.2, 0) is 0 Å². The van der Waals surface area contributed by atoms with Crippen molar-refractivity contribution in [1.82, 2.24) is 0 Å². The first kappa shape index (κ1) is 12.9. The largest absolute Gasteiger partial charge is 0.389 e. The number of hydrogen-bond acceptors (Lipinski definition) is 2. The minimum Gasteiger partial charge on any atom is -0.389 e. The van der Waals surface area contributed by atoms with Gasteiger partial charge in [0.15, 0.2) is 0 Å². The van der Waals surface area contributed by atoms with Gasteiger partial charge in [0.1, 0.15) is 4.99 Å². The SMILES string of the molecule is Cc1cccc(Nc2ccc(C(N)=S)cc2)c1Cl. The zero-order valence-electron chi connectivity index (χ0n) is 9.91. The maximum atomic E-state index is 6.22. The lowest BCUT2D eigenvalue weighted by atomic mass is 10.2. The Bertz CT molecular complexity index is 579. The van der Waals surface area contributed by atoms with Crippen LogP contribution >= 0.6 is 23.8 Å². The topological polar surface area (TPSA) is 38.0 Å². The first-order valence-corrected chi connectivity index (χ1v) is 6.28. The van der Waals surface area contributed by atoms with Crippen molar-refractivity contribution in [1.29, 1.82) is 0 Å². The minimum absolute atomic E-state index is 0.398. The van der Waals surface area contributed by atoms with E-state index in [-0.39, 0.29) is 0 Å². The van der Waals surface area contributed by atoms with E-state index in [1.807, 2.05) is 49.4 Å². The van der Waals surface area contributed by atoms with Crippen LogP contribution in [0.2, 0.25) is 5.02 Å². The van der Waals surface area contributed by atoms with E-state index in [0.717, 1.165) is 27.5 Å². The fourth-order valence-corrected chi connectivity index (χ4v) is 1.93. The molecule has 0 unspecified atom stereocenters. The Kier molecular flexibility index (Phi) is 3.84. The molecule has 0 saturated heterocycles. The number of nitrogens with two attached hydrogens (primary N) is 1. The fourth-order valence-electron chi connectivity index (χ4n) is 1.62. The van der Waals surface area contributed by atoms with Gasteiger partial charge in [-0.25, -0.2) is 0 Å². The molecule has 2 aromatic rings. The molecule has 3 N–H and O–H groups in total. The first-order valence-electron chi connectivity index (χ1n) is 5.50. The van der Waals surface area contributed by atoms with Crippen LogP contribution in [0.25, 0.3) is 0 Å². The Hall–Kier alpha value is -1.58. The molecule has 2 aromatic carbocycles. The molecule has 0 fully saturated rings. The molecule has 0 spiro atoms. The summed E-state index contributed by atoms with van der Waals surface area (Å²) in [5, 5.41) is 4.00. The van der Waals surface area contributed by atoms with Gasteiger partial charge in [-0.15, -0.1) is 0 Å². The van der Waals surface area contributed by atoms with Gasteiger partial charge in [-0.1, -0.05) is 36.0 Å². The normalized spacial score (nSPS) is 10.1. The molecule has 0 aliphatic heterocycles. The molecule has 2 nitrogen and oxygen atoms in total. The molecule has 4 heteroatoms. The molecule has 0 aliphatic carbocycles. The summed E-state index contributed by atoms with van der Waals surface area (Å²) in [6, 6.07) is 13.5. The number of anilines is 2. The van der Waals surface area contributed by atoms with Crippen LogP contribution in [0.5, 0.6) is 0 Å². The smallest absolute Gasteiger partial charge is 0.103 e. The summed E-state index contributed by atoms with van der Waals surface area (Å²) in [5.41, 5.74) is 9.28. The molecule has 0 atom stereocenters. The van der Waals surface area contributed by atoms with Gasteiger partial charge < -0.3 is 11.1 Å². The molecular weight excluding hydrogens is 264 g/mol. The van der Waals surface area contributed by atoms with Crippen LogP contribution in [0, 0.1) is 6.92 Å². The van der Waals surface area contributed by atoms with E-state index in [4.69, 9.17) is 29.6 Å². The maximum absolute atomic E-state index is 6.22. The molecule has 0 radical (unpaired) electrons. The number of thiocarbonyl (C=S) groups is 1. The summed E-state index contributed by atoms with van der Waals surface area (Å²) >= 11 is 11.1. The lowest BCUT2D eigenvalue weighted by molar-refractivity contribution is 1.45. The Morgan fingerprint density at radius 1 is 1.17 bits per heavy atom. The van der Waals surface area contributed by atoms with E-state index >= 15 is 0 Å². The van der Waals surface area contributed by atoms with Gasteiger partial charge in [0.05, 0.1) is 10.7 Å². The second-order valence-corrected chi connectivity index (χ2v) is 4.82. The van der Waals surface area contributed by atoms with Crippen LogP contribution < -0.4 is 11.1 Å². The average Bonchev–Trinajstić information content (AvgIpc) is 2.36. The third kappa shape index (κ3) is 2.81. The van der Waals surface area contributed by atoms with Gasteiger partial charge in [-0.2, -0.15) is 0 Å². The molecular formula is C14H13ClN2S. The number of benzene rings is 2. The quantitative estimate of drug-likeness (QED) is 0.832. The first-order chi connectivity index (χ1) is 8.58. The van der Waals surface area contributed by atoms with E-state index in [1.165, 1.54) is 0 Å². The lowest BCUT2D eigenvalue weighted by Crippen LogP contribution is -2.08. The van der Waals surface area contributed by atoms with Gasteiger partial charge in [-0.05, 0) is 42.8 Å². The summed E-state index contributed by atoms with van der Waals surface area (Å²) in [6.07, 6.45) is 0. The van der Waals surface area contributed by atoms with E-state index in [9.17, 15) is 0 Å². The van der Waals surface area contributed by atoms with Crippen molar-refractivity contribution in [2.24, 2.45) is 5.73 Å². The second-order valence-electron chi connectivity index (χ2n) is 4.00. The van der Waals surface area contributed by atoms with Gasteiger partial charge in [0, 0.05) is 11.3 Å². The number of rotatable bonds is 3. The number of hydrogen-bond donors (Lipinski definition) is 2. The van der Waals surface area contributed by atoms with Crippen LogP contribution in [0.4, 0.5) is 11.4 Å². The van der Waals surface area contributed by atoms with Gasteiger partial charge in [0.25, 0.3) is 0 Å². The standard InChI is InChI=1S/C14H13ClN2S/c1-9-3-2-4-12(13(9)15)17-11-7-5-10(6-8-11)14(16)18/h2-8,17H,1H3,(H2,16,18). The van der Waals surface area contributed by atoms with Crippen LogP contribution in [-0.4, -0.2) is 4.99 Å². The Morgan fingerprint density at radius 3 is 2.44 bits per heavy atom. The third-order valence-electron chi connectivity index (χ3n) is 2.64. The molecule has 0 bridgehead atoms. The molecule has 18 heavy (non-hydrogen) atoms. The number of aryl methyl sites for hydroxylation is 1. The predicted octanol–water partition coefficient (Wildman–Crippen LogP) is 4.03. The Morgan fingerprint density at radius 2 is 1.83 bits per heavy atom. The third-order valence-corrected chi connectivity index (χ3v) is 3.38. The van der Waals surface area contributed by atoms with Crippen molar-refractivity contribution in [2.45, 2.75) is 6.92 Å². The number of nitrogens with one attached hydrogen (secondary N) is 1. The molecule has 2 rings (SSSR count). The highest BCUT2D eigenvalue weighted by atomic mass is 35.5. The monoisotopic (exact) mass is 276 g/mol.